The van der Waals surface area contributed by atoms with Crippen molar-refractivity contribution in [1.29, 1.82) is 0 Å². The van der Waals surface area contributed by atoms with Crippen LogP contribution in [-0.4, -0.2) is 62.0 Å². The van der Waals surface area contributed by atoms with E-state index < -0.39 is 0 Å². The predicted octanol–water partition coefficient (Wildman–Crippen LogP) is 1.14. The fraction of sp³-hybridized carbons (Fsp3) is 0.647. The van der Waals surface area contributed by atoms with Gasteiger partial charge in [-0.1, -0.05) is 6.07 Å². The summed E-state index contributed by atoms with van der Waals surface area (Å²) >= 11 is 0. The highest BCUT2D eigenvalue weighted by atomic mass is 35.5. The molecule has 3 heterocycles. The molecule has 2 N–H and O–H groups in total. The summed E-state index contributed by atoms with van der Waals surface area (Å²) in [6.07, 6.45) is 1.94. The fourth-order valence-electron chi connectivity index (χ4n) is 3.06. The minimum absolute atomic E-state index is 0. The third-order valence-electron chi connectivity index (χ3n) is 4.44. The Morgan fingerprint density at radius 2 is 2.12 bits per heavy atom. The predicted molar refractivity (Wildman–Crippen MR) is 105 cm³/mol. The molecule has 1 aromatic heterocycles. The molecule has 7 nitrogen and oxygen atoms in total. The Labute approximate surface area is 167 Å². The minimum atomic E-state index is -0.291. The number of ether oxygens (including phenoxy) is 2. The molecule has 2 aliphatic rings. The molecule has 1 amide bonds. The summed E-state index contributed by atoms with van der Waals surface area (Å²) < 4.78 is 11.1. The largest absolute Gasteiger partial charge is 0.375 e. The van der Waals surface area contributed by atoms with E-state index in [0.717, 1.165) is 31.1 Å². The molecule has 2 saturated heterocycles. The van der Waals surface area contributed by atoms with Crippen LogP contribution in [0.5, 0.6) is 0 Å². The lowest BCUT2D eigenvalue weighted by Gasteiger charge is -2.32. The number of carbonyl (C=O) groups excluding carboxylic acids is 1. The Morgan fingerprint density at radius 1 is 1.31 bits per heavy atom. The number of carbonyl (C=O) groups is 1. The zero-order valence-electron chi connectivity index (χ0n) is 15.1. The lowest BCUT2D eigenvalue weighted by atomic mass is 10.1. The number of rotatable bonds is 4. The van der Waals surface area contributed by atoms with Crippen molar-refractivity contribution in [3.8, 4) is 0 Å². The molecule has 9 heteroatoms. The first-order valence-corrected chi connectivity index (χ1v) is 8.57. The molecule has 0 spiro atoms. The Bertz CT molecular complexity index is 561. The van der Waals surface area contributed by atoms with Gasteiger partial charge in [0.25, 0.3) is 0 Å². The van der Waals surface area contributed by atoms with Gasteiger partial charge >= 0.3 is 0 Å². The van der Waals surface area contributed by atoms with E-state index in [9.17, 15) is 4.79 Å². The first kappa shape index (κ1) is 22.9. The maximum atomic E-state index is 12.2. The van der Waals surface area contributed by atoms with Gasteiger partial charge in [0.15, 0.2) is 0 Å². The van der Waals surface area contributed by atoms with Crippen molar-refractivity contribution in [2.45, 2.75) is 38.6 Å². The van der Waals surface area contributed by atoms with Gasteiger partial charge < -0.3 is 25.0 Å². The number of nitrogens with one attached hydrogen (secondary N) is 2. The summed E-state index contributed by atoms with van der Waals surface area (Å²) in [7, 11) is 0. The van der Waals surface area contributed by atoms with Crippen molar-refractivity contribution < 1.29 is 14.3 Å². The monoisotopic (exact) mass is 406 g/mol. The molecule has 3 atom stereocenters. The van der Waals surface area contributed by atoms with Crippen LogP contribution in [0.15, 0.2) is 18.3 Å². The van der Waals surface area contributed by atoms with Crippen LogP contribution in [0, 0.1) is 0 Å². The van der Waals surface area contributed by atoms with E-state index in [1.54, 1.807) is 0 Å². The first-order chi connectivity index (χ1) is 11.6. The second-order valence-electron chi connectivity index (χ2n) is 6.38. The third-order valence-corrected chi connectivity index (χ3v) is 4.44. The van der Waals surface area contributed by atoms with Gasteiger partial charge in [-0.2, -0.15) is 0 Å². The number of hydrogen-bond acceptors (Lipinski definition) is 6. The molecule has 3 rings (SSSR count). The van der Waals surface area contributed by atoms with Gasteiger partial charge in [0.2, 0.25) is 5.91 Å². The van der Waals surface area contributed by atoms with Crippen molar-refractivity contribution in [3.05, 3.63) is 23.9 Å². The van der Waals surface area contributed by atoms with Crippen LogP contribution in [0.2, 0.25) is 0 Å². The molecule has 0 bridgehead atoms. The van der Waals surface area contributed by atoms with Crippen molar-refractivity contribution in [1.82, 2.24) is 15.6 Å². The van der Waals surface area contributed by atoms with Crippen molar-refractivity contribution in [2.75, 3.05) is 37.7 Å². The maximum Gasteiger partial charge on any atom is 0.240 e. The molecule has 1 unspecified atom stereocenters. The smallest absolute Gasteiger partial charge is 0.240 e. The SMILES string of the molecule is CC1CN(c2ccc(CNC(=O)[C@H]3NCCO[C@@H]3C)cn2)CCO1.Cl.Cl. The Hall–Kier alpha value is -1.12. The molecule has 0 radical (unpaired) electrons. The number of halogens is 2. The second kappa shape index (κ2) is 10.9. The quantitative estimate of drug-likeness (QED) is 0.780. The highest BCUT2D eigenvalue weighted by Crippen LogP contribution is 2.15. The number of aromatic nitrogens is 1. The number of morpholine rings is 2. The van der Waals surface area contributed by atoms with Crippen LogP contribution < -0.4 is 15.5 Å². The van der Waals surface area contributed by atoms with Crippen molar-refractivity contribution >= 4 is 36.5 Å². The molecule has 1 aromatic rings. The van der Waals surface area contributed by atoms with Crippen molar-refractivity contribution in [2.24, 2.45) is 0 Å². The summed E-state index contributed by atoms with van der Waals surface area (Å²) in [5.41, 5.74) is 0.984. The average Bonchev–Trinajstić information content (AvgIpc) is 2.60. The number of hydrogen-bond donors (Lipinski definition) is 2. The van der Waals surface area contributed by atoms with E-state index in [0.29, 0.717) is 19.7 Å². The molecule has 26 heavy (non-hydrogen) atoms. The van der Waals surface area contributed by atoms with Crippen LogP contribution >= 0.6 is 24.8 Å². The summed E-state index contributed by atoms with van der Waals surface area (Å²) in [5.74, 6) is 0.921. The minimum Gasteiger partial charge on any atom is -0.375 e. The normalized spacial score (nSPS) is 25.6. The van der Waals surface area contributed by atoms with E-state index in [-0.39, 0.29) is 49.0 Å². The first-order valence-electron chi connectivity index (χ1n) is 8.57. The lowest BCUT2D eigenvalue weighted by Crippen LogP contribution is -2.55. The highest BCUT2D eigenvalue weighted by Gasteiger charge is 2.27. The molecule has 0 aliphatic carbocycles. The Balaban J connectivity index is 0.00000169. The van der Waals surface area contributed by atoms with Gasteiger partial charge in [0.05, 0.1) is 25.4 Å². The number of nitrogens with zero attached hydrogens (tertiary/aromatic N) is 2. The molecule has 2 aliphatic heterocycles. The fourth-order valence-corrected chi connectivity index (χ4v) is 3.06. The van der Waals surface area contributed by atoms with E-state index in [1.807, 2.05) is 25.3 Å². The van der Waals surface area contributed by atoms with Gasteiger partial charge in [-0.3, -0.25) is 4.79 Å². The van der Waals surface area contributed by atoms with Crippen LogP contribution in [0.3, 0.4) is 0 Å². The average molecular weight is 407 g/mol. The molecular weight excluding hydrogens is 379 g/mol. The van der Waals surface area contributed by atoms with E-state index in [4.69, 9.17) is 9.47 Å². The Morgan fingerprint density at radius 3 is 2.77 bits per heavy atom. The van der Waals surface area contributed by atoms with Crippen LogP contribution in [-0.2, 0) is 20.8 Å². The summed E-state index contributed by atoms with van der Waals surface area (Å²) in [6.45, 7) is 8.25. The van der Waals surface area contributed by atoms with Crippen LogP contribution in [0.25, 0.3) is 0 Å². The Kier molecular flexibility index (Phi) is 9.60. The molecule has 148 valence electrons. The molecule has 0 aromatic carbocycles. The summed E-state index contributed by atoms with van der Waals surface area (Å²) in [6, 6.07) is 3.72. The van der Waals surface area contributed by atoms with Crippen molar-refractivity contribution in [3.63, 3.8) is 0 Å². The van der Waals surface area contributed by atoms with Gasteiger partial charge in [0.1, 0.15) is 11.9 Å². The van der Waals surface area contributed by atoms with Gasteiger partial charge in [0, 0.05) is 32.4 Å². The highest BCUT2D eigenvalue weighted by molar-refractivity contribution is 5.85. The number of amides is 1. The maximum absolute atomic E-state index is 12.2. The van der Waals surface area contributed by atoms with E-state index in [2.05, 4.69) is 27.4 Å². The molecule has 0 saturated carbocycles. The zero-order valence-corrected chi connectivity index (χ0v) is 16.8. The van der Waals surface area contributed by atoms with Gasteiger partial charge in [-0.05, 0) is 25.5 Å². The molecular formula is C17H28Cl2N4O3. The lowest BCUT2D eigenvalue weighted by molar-refractivity contribution is -0.129. The third kappa shape index (κ3) is 5.96. The van der Waals surface area contributed by atoms with E-state index in [1.165, 1.54) is 0 Å². The standard InChI is InChI=1S/C17H26N4O3.2ClH/c1-12-11-21(6-8-23-12)15-4-3-14(9-19-15)10-20-17(22)16-13(2)24-7-5-18-16;;/h3-4,9,12-13,16,18H,5-8,10-11H2,1-2H3,(H,20,22);2*1H/t12?,13-,16+;;/m1../s1. The van der Waals surface area contributed by atoms with Gasteiger partial charge in [-0.15, -0.1) is 24.8 Å². The molecule has 2 fully saturated rings. The number of anilines is 1. The summed E-state index contributed by atoms with van der Waals surface area (Å²) in [4.78, 5) is 19.0. The second-order valence-corrected chi connectivity index (χ2v) is 6.38. The van der Waals surface area contributed by atoms with Crippen LogP contribution in [0.1, 0.15) is 19.4 Å². The van der Waals surface area contributed by atoms with Crippen LogP contribution in [0.4, 0.5) is 5.82 Å². The topological polar surface area (TPSA) is 75.7 Å². The zero-order chi connectivity index (χ0) is 16.9. The number of pyridine rings is 1. The van der Waals surface area contributed by atoms with Gasteiger partial charge in [-0.25, -0.2) is 4.98 Å². The van der Waals surface area contributed by atoms with E-state index >= 15 is 0 Å². The summed E-state index contributed by atoms with van der Waals surface area (Å²) in [5, 5.41) is 6.14.